The number of aliphatic hydroxyl groups is 1. The van der Waals surface area contributed by atoms with Gasteiger partial charge in [-0.15, -0.1) is 0 Å². The van der Waals surface area contributed by atoms with Gasteiger partial charge in [-0.1, -0.05) is 31.5 Å². The molecule has 2 saturated heterocycles. The zero-order valence-electron chi connectivity index (χ0n) is 12.6. The topological polar surface area (TPSA) is 65.0 Å². The summed E-state index contributed by atoms with van der Waals surface area (Å²) in [5.41, 5.74) is 1.59. The fraction of sp³-hybridized carbons (Fsp3) is 0.562. The van der Waals surface area contributed by atoms with Gasteiger partial charge in [0.15, 0.2) is 6.10 Å². The van der Waals surface area contributed by atoms with Gasteiger partial charge in [0.05, 0.1) is 18.8 Å². The Kier molecular flexibility index (Phi) is 5.33. The Morgan fingerprint density at radius 1 is 1.14 bits per heavy atom. The molecule has 1 aromatic carbocycles. The molecule has 1 N–H and O–H groups in total. The molecule has 5 nitrogen and oxygen atoms in total. The van der Waals surface area contributed by atoms with Crippen molar-refractivity contribution in [2.24, 2.45) is 0 Å². The largest absolute Gasteiger partial charge is 0.453 e. The van der Waals surface area contributed by atoms with Gasteiger partial charge in [0, 0.05) is 0 Å². The summed E-state index contributed by atoms with van der Waals surface area (Å²) >= 11 is 0. The predicted octanol–water partition coefficient (Wildman–Crippen LogP) is 1.71. The van der Waals surface area contributed by atoms with Crippen molar-refractivity contribution >= 4 is 5.97 Å². The van der Waals surface area contributed by atoms with Crippen LogP contribution in [0.15, 0.2) is 24.3 Å². The summed E-state index contributed by atoms with van der Waals surface area (Å²) in [6.45, 7) is 6.45. The zero-order valence-corrected chi connectivity index (χ0v) is 12.6. The molecule has 0 unspecified atom stereocenters. The number of rotatable bonds is 2. The van der Waals surface area contributed by atoms with Crippen LogP contribution in [0.3, 0.4) is 0 Å². The van der Waals surface area contributed by atoms with Crippen molar-refractivity contribution in [2.45, 2.75) is 45.2 Å². The first kappa shape index (κ1) is 15.9. The highest BCUT2D eigenvalue weighted by Gasteiger charge is 2.48. The van der Waals surface area contributed by atoms with Crippen molar-refractivity contribution in [1.82, 2.24) is 0 Å². The number of benzene rings is 1. The Bertz CT molecular complexity index is 470. The number of hydrogen-bond acceptors (Lipinski definition) is 5. The summed E-state index contributed by atoms with van der Waals surface area (Å²) < 4.78 is 16.2. The van der Waals surface area contributed by atoms with Gasteiger partial charge in [0.25, 0.3) is 0 Å². The van der Waals surface area contributed by atoms with E-state index < -0.39 is 12.2 Å². The highest BCUT2D eigenvalue weighted by molar-refractivity contribution is 5.89. The molecule has 5 heteroatoms. The normalized spacial score (nSPS) is 30.3. The molecule has 2 aliphatic rings. The van der Waals surface area contributed by atoms with Gasteiger partial charge in [-0.2, -0.15) is 0 Å². The Morgan fingerprint density at radius 3 is 2.43 bits per heavy atom. The molecular formula is C16H22O5. The summed E-state index contributed by atoms with van der Waals surface area (Å²) in [6.07, 6.45) is -1.82. The first-order valence-corrected chi connectivity index (χ1v) is 7.34. The number of carbonyl (C=O) groups is 1. The number of aliphatic hydroxyl groups excluding tert-OH is 1. The molecule has 2 aliphatic heterocycles. The molecule has 2 heterocycles. The maximum atomic E-state index is 12.0. The zero-order chi connectivity index (χ0) is 15.4. The van der Waals surface area contributed by atoms with Crippen LogP contribution in [-0.2, 0) is 14.2 Å². The van der Waals surface area contributed by atoms with Crippen LogP contribution in [-0.4, -0.2) is 48.7 Å². The third-order valence-corrected chi connectivity index (χ3v) is 3.53. The monoisotopic (exact) mass is 294 g/mol. The molecule has 0 aliphatic carbocycles. The third-order valence-electron chi connectivity index (χ3n) is 3.53. The van der Waals surface area contributed by atoms with E-state index in [2.05, 4.69) is 0 Å². The van der Waals surface area contributed by atoms with Gasteiger partial charge in [-0.05, 0) is 19.1 Å². The van der Waals surface area contributed by atoms with Crippen molar-refractivity contribution < 1.29 is 24.1 Å². The number of carbonyl (C=O) groups excluding carboxylic acids is 1. The SMILES string of the molecule is CC.Cc1ccc(C(=O)O[C@@H]2CO[C@H]3[C@@H]2OC[C@H]3O)cc1. The van der Waals surface area contributed by atoms with E-state index in [4.69, 9.17) is 14.2 Å². The van der Waals surface area contributed by atoms with E-state index in [9.17, 15) is 9.90 Å². The number of esters is 1. The van der Waals surface area contributed by atoms with Gasteiger partial charge in [-0.25, -0.2) is 4.79 Å². The minimum absolute atomic E-state index is 0.230. The van der Waals surface area contributed by atoms with Crippen molar-refractivity contribution in [1.29, 1.82) is 0 Å². The minimum atomic E-state index is -0.631. The predicted molar refractivity (Wildman–Crippen MR) is 77.2 cm³/mol. The van der Waals surface area contributed by atoms with Crippen LogP contribution in [0.4, 0.5) is 0 Å². The van der Waals surface area contributed by atoms with Crippen LogP contribution in [0.25, 0.3) is 0 Å². The Balaban J connectivity index is 0.000000774. The number of hydrogen-bond donors (Lipinski definition) is 1. The number of aryl methyl sites for hydroxylation is 1. The molecule has 116 valence electrons. The van der Waals surface area contributed by atoms with Crippen LogP contribution in [0.2, 0.25) is 0 Å². The van der Waals surface area contributed by atoms with Gasteiger partial charge in [0.2, 0.25) is 0 Å². The lowest BCUT2D eigenvalue weighted by molar-refractivity contribution is -0.0209. The fourth-order valence-electron chi connectivity index (χ4n) is 2.44. The van der Waals surface area contributed by atoms with Crippen molar-refractivity contribution in [3.63, 3.8) is 0 Å². The molecule has 1 aromatic rings. The fourth-order valence-corrected chi connectivity index (χ4v) is 2.44. The average molecular weight is 294 g/mol. The van der Waals surface area contributed by atoms with E-state index in [1.165, 1.54) is 0 Å². The van der Waals surface area contributed by atoms with E-state index in [0.29, 0.717) is 5.56 Å². The molecule has 0 aromatic heterocycles. The number of ether oxygens (including phenoxy) is 3. The summed E-state index contributed by atoms with van der Waals surface area (Å²) in [4.78, 5) is 12.0. The summed E-state index contributed by atoms with van der Waals surface area (Å²) in [5, 5.41) is 9.61. The Hall–Kier alpha value is -1.43. The smallest absolute Gasteiger partial charge is 0.338 e. The van der Waals surface area contributed by atoms with Crippen molar-refractivity contribution in [2.75, 3.05) is 13.2 Å². The molecule has 0 radical (unpaired) electrons. The molecule has 2 fully saturated rings. The Morgan fingerprint density at radius 2 is 1.76 bits per heavy atom. The standard InChI is InChI=1S/C14H16O5.C2H6/c1-8-2-4-9(5-3-8)14(16)19-11-7-18-12-10(15)6-17-13(11)12;1-2/h2-5,10-13,15H,6-7H2,1H3;1-2H3/t10-,11-,12-,13-;/m1./s1. The van der Waals surface area contributed by atoms with E-state index in [0.717, 1.165) is 5.56 Å². The maximum Gasteiger partial charge on any atom is 0.338 e. The van der Waals surface area contributed by atoms with Gasteiger partial charge < -0.3 is 19.3 Å². The second-order valence-corrected chi connectivity index (χ2v) is 4.97. The van der Waals surface area contributed by atoms with Crippen LogP contribution < -0.4 is 0 Å². The molecular weight excluding hydrogens is 272 g/mol. The molecule has 0 bridgehead atoms. The molecule has 4 atom stereocenters. The second kappa shape index (κ2) is 7.02. The van der Waals surface area contributed by atoms with E-state index in [1.807, 2.05) is 32.9 Å². The Labute approximate surface area is 124 Å². The lowest BCUT2D eigenvalue weighted by atomic mass is 10.1. The van der Waals surface area contributed by atoms with Crippen molar-refractivity contribution in [3.05, 3.63) is 35.4 Å². The van der Waals surface area contributed by atoms with Gasteiger partial charge in [0.1, 0.15) is 18.3 Å². The molecule has 0 saturated carbocycles. The second-order valence-electron chi connectivity index (χ2n) is 4.97. The summed E-state index contributed by atoms with van der Waals surface area (Å²) in [5.74, 6) is -0.390. The first-order chi connectivity index (χ1) is 10.1. The molecule has 0 amide bonds. The average Bonchev–Trinajstić information content (AvgIpc) is 3.06. The third kappa shape index (κ3) is 3.43. The maximum absolute atomic E-state index is 12.0. The van der Waals surface area contributed by atoms with Crippen LogP contribution in [0, 0.1) is 6.92 Å². The molecule has 0 spiro atoms. The van der Waals surface area contributed by atoms with Crippen LogP contribution >= 0.6 is 0 Å². The number of fused-ring (bicyclic) bond motifs is 1. The summed E-state index contributed by atoms with van der Waals surface area (Å²) in [7, 11) is 0. The van der Waals surface area contributed by atoms with Crippen molar-refractivity contribution in [3.8, 4) is 0 Å². The highest BCUT2D eigenvalue weighted by Crippen LogP contribution is 2.29. The van der Waals surface area contributed by atoms with Crippen LogP contribution in [0.1, 0.15) is 29.8 Å². The van der Waals surface area contributed by atoms with E-state index in [-0.39, 0.29) is 31.4 Å². The summed E-state index contributed by atoms with van der Waals surface area (Å²) in [6, 6.07) is 7.19. The quantitative estimate of drug-likeness (QED) is 0.841. The van der Waals surface area contributed by atoms with Gasteiger partial charge in [-0.3, -0.25) is 0 Å². The van der Waals surface area contributed by atoms with Crippen LogP contribution in [0.5, 0.6) is 0 Å². The van der Waals surface area contributed by atoms with E-state index >= 15 is 0 Å². The lowest BCUT2D eigenvalue weighted by Crippen LogP contribution is -2.34. The lowest BCUT2D eigenvalue weighted by Gasteiger charge is -2.16. The molecule has 21 heavy (non-hydrogen) atoms. The highest BCUT2D eigenvalue weighted by atomic mass is 16.6. The molecule has 3 rings (SSSR count). The first-order valence-electron chi connectivity index (χ1n) is 7.34. The van der Waals surface area contributed by atoms with Gasteiger partial charge >= 0.3 is 5.97 Å². The van der Waals surface area contributed by atoms with E-state index in [1.54, 1.807) is 12.1 Å². The minimum Gasteiger partial charge on any atom is -0.453 e.